The smallest absolute Gasteiger partial charge is 0.285 e. The van der Waals surface area contributed by atoms with Gasteiger partial charge in [0.05, 0.1) is 5.69 Å². The predicted octanol–water partition coefficient (Wildman–Crippen LogP) is 1.70. The van der Waals surface area contributed by atoms with Crippen LogP contribution in [0.5, 0.6) is 0 Å². The molecule has 146 valence electrons. The van der Waals surface area contributed by atoms with Gasteiger partial charge < -0.3 is 9.80 Å². The highest BCUT2D eigenvalue weighted by Gasteiger charge is 2.23. The van der Waals surface area contributed by atoms with Crippen LogP contribution in [0.3, 0.4) is 0 Å². The van der Waals surface area contributed by atoms with Crippen molar-refractivity contribution in [2.75, 3.05) is 31.1 Å². The first-order chi connectivity index (χ1) is 13.3. The summed E-state index contributed by atoms with van der Waals surface area (Å²) in [6.07, 6.45) is 0. The van der Waals surface area contributed by atoms with Crippen LogP contribution in [0.1, 0.15) is 27.9 Å². The summed E-state index contributed by atoms with van der Waals surface area (Å²) in [7, 11) is 0. The second kappa shape index (κ2) is 7.85. The van der Waals surface area contributed by atoms with E-state index in [1.54, 1.807) is 18.7 Å². The van der Waals surface area contributed by atoms with E-state index < -0.39 is 5.56 Å². The van der Waals surface area contributed by atoms with Crippen molar-refractivity contribution in [3.8, 4) is 6.07 Å². The minimum atomic E-state index is -0.507. The molecule has 0 saturated carbocycles. The van der Waals surface area contributed by atoms with Crippen molar-refractivity contribution in [3.63, 3.8) is 0 Å². The molecule has 0 bridgehead atoms. The molecular weight excluding hydrogens is 354 g/mol. The standard InChI is InChI=1S/C21H25N5O2/c1-14-6-5-7-19(15(14)2)24-8-10-25(11-9-24)20(27)13-26-21(28)18(12-22)16(3)17(4)23-26/h5-7H,8-11,13H2,1-4H3. The quantitative estimate of drug-likeness (QED) is 0.811. The van der Waals surface area contributed by atoms with Crippen molar-refractivity contribution in [2.24, 2.45) is 0 Å². The third-order valence-corrected chi connectivity index (χ3v) is 5.58. The second-order valence-electron chi connectivity index (χ2n) is 7.25. The molecule has 2 heterocycles. The van der Waals surface area contributed by atoms with Gasteiger partial charge in [-0.05, 0) is 50.5 Å². The molecule has 7 heteroatoms. The molecule has 0 atom stereocenters. The fourth-order valence-electron chi connectivity index (χ4n) is 3.51. The first-order valence-electron chi connectivity index (χ1n) is 9.40. The molecule has 0 N–H and O–H groups in total. The van der Waals surface area contributed by atoms with E-state index in [1.165, 1.54) is 16.8 Å². The van der Waals surface area contributed by atoms with Gasteiger partial charge in [0.1, 0.15) is 18.2 Å². The van der Waals surface area contributed by atoms with Crippen LogP contribution < -0.4 is 10.5 Å². The van der Waals surface area contributed by atoms with Crippen LogP contribution >= 0.6 is 0 Å². The van der Waals surface area contributed by atoms with E-state index in [1.807, 2.05) is 6.07 Å². The number of piperazine rings is 1. The maximum atomic E-state index is 12.7. The van der Waals surface area contributed by atoms with Gasteiger partial charge in [-0.1, -0.05) is 12.1 Å². The van der Waals surface area contributed by atoms with Gasteiger partial charge in [-0.15, -0.1) is 0 Å². The molecule has 0 radical (unpaired) electrons. The van der Waals surface area contributed by atoms with E-state index in [0.717, 1.165) is 17.8 Å². The average Bonchev–Trinajstić information content (AvgIpc) is 2.69. The number of carbonyl (C=O) groups is 1. The number of benzene rings is 1. The van der Waals surface area contributed by atoms with Gasteiger partial charge in [0.25, 0.3) is 5.56 Å². The lowest BCUT2D eigenvalue weighted by Gasteiger charge is -2.37. The van der Waals surface area contributed by atoms with Gasteiger partial charge in [-0.2, -0.15) is 10.4 Å². The number of anilines is 1. The monoisotopic (exact) mass is 379 g/mol. The van der Waals surface area contributed by atoms with Crippen molar-refractivity contribution in [2.45, 2.75) is 34.2 Å². The molecule has 0 aliphatic carbocycles. The van der Waals surface area contributed by atoms with Gasteiger partial charge in [0, 0.05) is 31.9 Å². The summed E-state index contributed by atoms with van der Waals surface area (Å²) in [6.45, 7) is 10.2. The Hall–Kier alpha value is -3.14. The van der Waals surface area contributed by atoms with E-state index in [0.29, 0.717) is 24.3 Å². The largest absolute Gasteiger partial charge is 0.368 e. The zero-order valence-corrected chi connectivity index (χ0v) is 16.8. The minimum absolute atomic E-state index is 0.0556. The number of rotatable bonds is 3. The molecule has 0 unspecified atom stereocenters. The molecule has 7 nitrogen and oxygen atoms in total. The van der Waals surface area contributed by atoms with E-state index in [4.69, 9.17) is 0 Å². The third-order valence-electron chi connectivity index (χ3n) is 5.58. The van der Waals surface area contributed by atoms with Crippen molar-refractivity contribution >= 4 is 11.6 Å². The molecule has 1 aromatic heterocycles. The summed E-state index contributed by atoms with van der Waals surface area (Å²) in [5, 5.41) is 13.4. The van der Waals surface area contributed by atoms with E-state index >= 15 is 0 Å². The Labute approximate surface area is 164 Å². The molecule has 1 amide bonds. The molecule has 28 heavy (non-hydrogen) atoms. The van der Waals surface area contributed by atoms with Gasteiger partial charge in [0.15, 0.2) is 0 Å². The van der Waals surface area contributed by atoms with Crippen LogP contribution in [0, 0.1) is 39.0 Å². The third kappa shape index (κ3) is 3.63. The Balaban J connectivity index is 1.70. The zero-order valence-electron chi connectivity index (χ0n) is 16.8. The fourth-order valence-corrected chi connectivity index (χ4v) is 3.51. The van der Waals surface area contributed by atoms with Gasteiger partial charge >= 0.3 is 0 Å². The van der Waals surface area contributed by atoms with Crippen molar-refractivity contribution in [1.29, 1.82) is 5.26 Å². The van der Waals surface area contributed by atoms with Crippen LogP contribution in [0.4, 0.5) is 5.69 Å². The Morgan fingerprint density at radius 3 is 2.43 bits per heavy atom. The number of hydrogen-bond acceptors (Lipinski definition) is 5. The van der Waals surface area contributed by atoms with Crippen LogP contribution in [0.2, 0.25) is 0 Å². The maximum Gasteiger partial charge on any atom is 0.285 e. The number of nitrogens with zero attached hydrogens (tertiary/aromatic N) is 5. The molecule has 3 rings (SSSR count). The van der Waals surface area contributed by atoms with Crippen molar-refractivity contribution in [3.05, 3.63) is 56.5 Å². The summed E-state index contributed by atoms with van der Waals surface area (Å²) < 4.78 is 1.11. The first kappa shape index (κ1) is 19.6. The van der Waals surface area contributed by atoms with E-state index in [9.17, 15) is 14.9 Å². The highest BCUT2D eigenvalue weighted by Crippen LogP contribution is 2.23. The van der Waals surface area contributed by atoms with Gasteiger partial charge in [-0.3, -0.25) is 9.59 Å². The summed E-state index contributed by atoms with van der Waals surface area (Å²) in [5.41, 5.74) is 4.43. The molecule has 2 aromatic rings. The summed E-state index contributed by atoms with van der Waals surface area (Å²) in [6, 6.07) is 8.19. The van der Waals surface area contributed by atoms with Gasteiger partial charge in [-0.25, -0.2) is 4.68 Å². The Morgan fingerprint density at radius 2 is 1.79 bits per heavy atom. The number of hydrogen-bond donors (Lipinski definition) is 0. The maximum absolute atomic E-state index is 12.7. The second-order valence-corrected chi connectivity index (χ2v) is 7.25. The van der Waals surface area contributed by atoms with Crippen LogP contribution in [-0.4, -0.2) is 46.8 Å². The molecular formula is C21H25N5O2. The van der Waals surface area contributed by atoms with E-state index in [2.05, 4.69) is 42.0 Å². The lowest BCUT2D eigenvalue weighted by Crippen LogP contribution is -2.50. The van der Waals surface area contributed by atoms with Crippen LogP contribution in [0.25, 0.3) is 0 Å². The summed E-state index contributed by atoms with van der Waals surface area (Å²) in [5.74, 6) is -0.151. The molecule has 1 aliphatic heterocycles. The van der Waals surface area contributed by atoms with Crippen molar-refractivity contribution < 1.29 is 4.79 Å². The Bertz CT molecular complexity index is 1010. The lowest BCUT2D eigenvalue weighted by atomic mass is 10.1. The molecule has 0 spiro atoms. The summed E-state index contributed by atoms with van der Waals surface area (Å²) >= 11 is 0. The predicted molar refractivity (Wildman–Crippen MR) is 107 cm³/mol. The molecule has 1 aromatic carbocycles. The zero-order chi connectivity index (χ0) is 20.4. The van der Waals surface area contributed by atoms with Crippen molar-refractivity contribution in [1.82, 2.24) is 14.7 Å². The summed E-state index contributed by atoms with van der Waals surface area (Å²) in [4.78, 5) is 29.2. The van der Waals surface area contributed by atoms with Crippen LogP contribution in [-0.2, 0) is 11.3 Å². The number of nitriles is 1. The highest BCUT2D eigenvalue weighted by atomic mass is 16.2. The Morgan fingerprint density at radius 1 is 1.11 bits per heavy atom. The SMILES string of the molecule is Cc1cccc(N2CCN(C(=O)Cn3nc(C)c(C)c(C#N)c3=O)CC2)c1C. The number of carbonyl (C=O) groups excluding carboxylic acids is 1. The van der Waals surface area contributed by atoms with Gasteiger partial charge in [0.2, 0.25) is 5.91 Å². The molecule has 1 aliphatic rings. The normalized spacial score (nSPS) is 14.1. The Kier molecular flexibility index (Phi) is 5.50. The lowest BCUT2D eigenvalue weighted by molar-refractivity contribution is -0.132. The molecule has 1 saturated heterocycles. The molecule has 1 fully saturated rings. The number of amides is 1. The minimum Gasteiger partial charge on any atom is -0.368 e. The number of aryl methyl sites for hydroxylation is 2. The van der Waals surface area contributed by atoms with E-state index in [-0.39, 0.29) is 18.0 Å². The average molecular weight is 379 g/mol. The fraction of sp³-hybridized carbons (Fsp3) is 0.429. The topological polar surface area (TPSA) is 82.2 Å². The highest BCUT2D eigenvalue weighted by molar-refractivity contribution is 5.76. The first-order valence-corrected chi connectivity index (χ1v) is 9.40. The van der Waals surface area contributed by atoms with Crippen LogP contribution in [0.15, 0.2) is 23.0 Å². The number of aromatic nitrogens is 2.